The van der Waals surface area contributed by atoms with Crippen LogP contribution in [0.4, 0.5) is 5.69 Å². The Balaban J connectivity index is 1.57. The van der Waals surface area contributed by atoms with E-state index in [0.29, 0.717) is 24.3 Å². The van der Waals surface area contributed by atoms with Crippen molar-refractivity contribution in [1.82, 2.24) is 10.3 Å². The number of carbonyl (C=O) groups is 1. The average Bonchev–Trinajstić information content (AvgIpc) is 3.16. The average molecular weight is 428 g/mol. The summed E-state index contributed by atoms with van der Waals surface area (Å²) >= 11 is 1.52. The molecule has 4 rings (SSSR count). The normalized spacial score (nSPS) is 13.8. The smallest absolute Gasteiger partial charge is 0.264 e. The predicted molar refractivity (Wildman–Crippen MR) is 114 cm³/mol. The molecule has 0 bridgehead atoms. The van der Waals surface area contributed by atoms with Gasteiger partial charge >= 0.3 is 0 Å². The van der Waals surface area contributed by atoms with Crippen molar-refractivity contribution in [3.63, 3.8) is 0 Å². The lowest BCUT2D eigenvalue weighted by atomic mass is 10.0. The molecule has 2 heterocycles. The number of hydrogen-bond acceptors (Lipinski definition) is 5. The van der Waals surface area contributed by atoms with Gasteiger partial charge in [0, 0.05) is 17.5 Å². The van der Waals surface area contributed by atoms with Crippen molar-refractivity contribution in [2.24, 2.45) is 0 Å². The van der Waals surface area contributed by atoms with E-state index in [0.717, 1.165) is 29.1 Å². The third-order valence-corrected chi connectivity index (χ3v) is 7.48. The number of para-hydroxylation sites is 1. The highest BCUT2D eigenvalue weighted by molar-refractivity contribution is 7.92. The molecule has 1 amide bonds. The van der Waals surface area contributed by atoms with Gasteiger partial charge < -0.3 is 5.32 Å². The molecular formula is C21H21N3O3S2. The molecule has 8 heteroatoms. The first-order valence-corrected chi connectivity index (χ1v) is 11.7. The zero-order chi connectivity index (χ0) is 20.4. The molecule has 0 radical (unpaired) electrons. The number of nitrogens with zero attached hydrogens (tertiary/aromatic N) is 2. The van der Waals surface area contributed by atoms with Crippen LogP contribution >= 0.6 is 11.3 Å². The van der Waals surface area contributed by atoms with Gasteiger partial charge in [0.05, 0.1) is 27.8 Å². The highest BCUT2D eigenvalue weighted by Gasteiger charge is 2.29. The van der Waals surface area contributed by atoms with Crippen LogP contribution in [0.25, 0.3) is 0 Å². The zero-order valence-electron chi connectivity index (χ0n) is 16.0. The van der Waals surface area contributed by atoms with E-state index in [1.54, 1.807) is 12.1 Å². The Morgan fingerprint density at radius 1 is 1.21 bits per heavy atom. The lowest BCUT2D eigenvalue weighted by Crippen LogP contribution is -2.35. The van der Waals surface area contributed by atoms with Crippen molar-refractivity contribution in [3.05, 3.63) is 75.7 Å². The Morgan fingerprint density at radius 2 is 2.03 bits per heavy atom. The van der Waals surface area contributed by atoms with Crippen LogP contribution in [0.2, 0.25) is 0 Å². The molecule has 0 saturated heterocycles. The molecule has 0 unspecified atom stereocenters. The lowest BCUT2D eigenvalue weighted by molar-refractivity contribution is 0.0950. The van der Waals surface area contributed by atoms with Crippen LogP contribution in [-0.2, 0) is 23.0 Å². The maximum absolute atomic E-state index is 13.3. The lowest BCUT2D eigenvalue weighted by Gasteiger charge is -2.30. The van der Waals surface area contributed by atoms with Gasteiger partial charge in [-0.15, -0.1) is 11.3 Å². The molecule has 0 fully saturated rings. The van der Waals surface area contributed by atoms with Gasteiger partial charge in [0.2, 0.25) is 0 Å². The highest BCUT2D eigenvalue weighted by atomic mass is 32.2. The number of hydrogen-bond donors (Lipinski definition) is 1. The van der Waals surface area contributed by atoms with E-state index in [-0.39, 0.29) is 10.8 Å². The summed E-state index contributed by atoms with van der Waals surface area (Å²) < 4.78 is 28.0. The molecular weight excluding hydrogens is 406 g/mol. The van der Waals surface area contributed by atoms with Gasteiger partial charge in [0.25, 0.3) is 15.9 Å². The summed E-state index contributed by atoms with van der Waals surface area (Å²) in [6, 6.07) is 13.7. The molecule has 0 saturated carbocycles. The summed E-state index contributed by atoms with van der Waals surface area (Å²) in [6.45, 7) is 2.64. The standard InChI is InChI=1S/C21H21N3O3S2/c1-15-23-18(14-28-15)13-22-21(25)17-7-4-9-19(12-17)29(26,27)24-11-5-8-16-6-2-3-10-20(16)24/h2-4,6-7,9-10,12,14H,5,8,11,13H2,1H3,(H,22,25). The van der Waals surface area contributed by atoms with Gasteiger partial charge in [-0.3, -0.25) is 9.10 Å². The fourth-order valence-corrected chi connectivity index (χ4v) is 5.64. The maximum atomic E-state index is 13.3. The van der Waals surface area contributed by atoms with Crippen LogP contribution in [0.15, 0.2) is 58.8 Å². The molecule has 0 atom stereocenters. The predicted octanol–water partition coefficient (Wildman–Crippen LogP) is 3.52. The summed E-state index contributed by atoms with van der Waals surface area (Å²) in [5, 5.41) is 5.63. The van der Waals surface area contributed by atoms with Gasteiger partial charge in [-0.1, -0.05) is 24.3 Å². The summed E-state index contributed by atoms with van der Waals surface area (Å²) in [4.78, 5) is 17.0. The molecule has 3 aromatic rings. The molecule has 1 aliphatic heterocycles. The Morgan fingerprint density at radius 3 is 2.83 bits per heavy atom. The minimum atomic E-state index is -3.75. The van der Waals surface area contributed by atoms with E-state index in [2.05, 4.69) is 10.3 Å². The molecule has 0 aliphatic carbocycles. The number of aromatic nitrogens is 1. The van der Waals surface area contributed by atoms with Crippen LogP contribution < -0.4 is 9.62 Å². The second-order valence-electron chi connectivity index (χ2n) is 6.88. The van der Waals surface area contributed by atoms with E-state index in [1.807, 2.05) is 36.6 Å². The van der Waals surface area contributed by atoms with Gasteiger partial charge in [0.1, 0.15) is 0 Å². The fourth-order valence-electron chi connectivity index (χ4n) is 3.44. The number of carbonyl (C=O) groups excluding carboxylic acids is 1. The van der Waals surface area contributed by atoms with Gasteiger partial charge in [-0.25, -0.2) is 13.4 Å². The first kappa shape index (κ1) is 19.6. The van der Waals surface area contributed by atoms with Crippen LogP contribution in [-0.4, -0.2) is 25.9 Å². The molecule has 29 heavy (non-hydrogen) atoms. The van der Waals surface area contributed by atoms with E-state index < -0.39 is 10.0 Å². The third kappa shape index (κ3) is 4.04. The van der Waals surface area contributed by atoms with Crippen molar-refractivity contribution in [3.8, 4) is 0 Å². The quantitative estimate of drug-likeness (QED) is 0.676. The molecule has 6 nitrogen and oxygen atoms in total. The Bertz CT molecular complexity index is 1160. The third-order valence-electron chi connectivity index (χ3n) is 4.85. The van der Waals surface area contributed by atoms with E-state index in [1.165, 1.54) is 27.8 Å². The second-order valence-corrected chi connectivity index (χ2v) is 9.80. The number of benzene rings is 2. The largest absolute Gasteiger partial charge is 0.346 e. The number of amides is 1. The molecule has 1 N–H and O–H groups in total. The number of sulfonamides is 1. The Hall–Kier alpha value is -2.71. The minimum absolute atomic E-state index is 0.117. The van der Waals surface area contributed by atoms with Crippen molar-refractivity contribution < 1.29 is 13.2 Å². The van der Waals surface area contributed by atoms with Gasteiger partial charge in [-0.2, -0.15) is 0 Å². The number of thiazole rings is 1. The van der Waals surface area contributed by atoms with Gasteiger partial charge in [0.15, 0.2) is 0 Å². The fraction of sp³-hybridized carbons (Fsp3) is 0.238. The molecule has 0 spiro atoms. The number of fused-ring (bicyclic) bond motifs is 1. The Kier molecular flexibility index (Phi) is 5.38. The first-order valence-electron chi connectivity index (χ1n) is 9.35. The first-order chi connectivity index (χ1) is 13.9. The van der Waals surface area contributed by atoms with Crippen LogP contribution in [0.1, 0.15) is 33.0 Å². The van der Waals surface area contributed by atoms with Crippen molar-refractivity contribution in [1.29, 1.82) is 0 Å². The molecule has 2 aromatic carbocycles. The topological polar surface area (TPSA) is 79.4 Å². The summed E-state index contributed by atoms with van der Waals surface area (Å²) in [5.41, 5.74) is 2.83. The van der Waals surface area contributed by atoms with Gasteiger partial charge in [-0.05, 0) is 49.6 Å². The second kappa shape index (κ2) is 7.96. The highest BCUT2D eigenvalue weighted by Crippen LogP contribution is 2.31. The minimum Gasteiger partial charge on any atom is -0.346 e. The van der Waals surface area contributed by atoms with E-state index in [9.17, 15) is 13.2 Å². The number of rotatable bonds is 5. The van der Waals surface area contributed by atoms with E-state index >= 15 is 0 Å². The summed E-state index contributed by atoms with van der Waals surface area (Å²) in [7, 11) is -3.75. The SMILES string of the molecule is Cc1nc(CNC(=O)c2cccc(S(=O)(=O)N3CCCc4ccccc43)c2)cs1. The Labute approximate surface area is 174 Å². The van der Waals surface area contributed by atoms with Crippen molar-refractivity contribution in [2.75, 3.05) is 10.8 Å². The summed E-state index contributed by atoms with van der Waals surface area (Å²) in [5.74, 6) is -0.327. The number of nitrogens with one attached hydrogen (secondary N) is 1. The van der Waals surface area contributed by atoms with Crippen LogP contribution in [0, 0.1) is 6.92 Å². The molecule has 1 aromatic heterocycles. The van der Waals surface area contributed by atoms with Crippen molar-refractivity contribution in [2.45, 2.75) is 31.2 Å². The maximum Gasteiger partial charge on any atom is 0.264 e. The van der Waals surface area contributed by atoms with Crippen LogP contribution in [0.5, 0.6) is 0 Å². The monoisotopic (exact) mass is 427 g/mol. The van der Waals surface area contributed by atoms with Crippen molar-refractivity contribution >= 4 is 33.0 Å². The zero-order valence-corrected chi connectivity index (χ0v) is 17.6. The number of aryl methyl sites for hydroxylation is 2. The summed E-state index contributed by atoms with van der Waals surface area (Å²) in [6.07, 6.45) is 1.63. The van der Waals surface area contributed by atoms with E-state index in [4.69, 9.17) is 0 Å². The molecule has 1 aliphatic rings. The number of anilines is 1. The molecule has 150 valence electrons. The van der Waals surface area contributed by atoms with Crippen LogP contribution in [0.3, 0.4) is 0 Å².